The number of nitrogens with one attached hydrogen (secondary N) is 1. The van der Waals surface area contributed by atoms with Crippen LogP contribution in [0.2, 0.25) is 0 Å². The molecule has 1 N–H and O–H groups in total. The maximum atomic E-state index is 5.37. The molecule has 1 fully saturated rings. The second-order valence-corrected chi connectivity index (χ2v) is 4.85. The Morgan fingerprint density at radius 2 is 2.33 bits per heavy atom. The fraction of sp³-hybridized carbons (Fsp3) is 0.364. The number of pyridine rings is 1. The molecule has 0 saturated carbocycles. The maximum Gasteiger partial charge on any atom is 0.259 e. The second-order valence-electron chi connectivity index (χ2n) is 3.93. The molecule has 0 aromatic carbocycles. The monoisotopic (exact) mass is 310 g/mol. The van der Waals surface area contributed by atoms with Crippen LogP contribution in [0.15, 0.2) is 27.5 Å². The van der Waals surface area contributed by atoms with Gasteiger partial charge in [-0.25, -0.2) is 0 Å². The van der Waals surface area contributed by atoms with Crippen LogP contribution in [-0.2, 0) is 4.74 Å². The Balaban J connectivity index is 1.84. The predicted molar refractivity (Wildman–Crippen MR) is 66.8 cm³/mol. The Bertz CT molecular complexity index is 539. The first-order chi connectivity index (χ1) is 8.83. The Morgan fingerprint density at radius 3 is 3.11 bits per heavy atom. The molecule has 3 rings (SSSR count). The summed E-state index contributed by atoms with van der Waals surface area (Å²) < 4.78 is 11.5. The van der Waals surface area contributed by atoms with E-state index in [1.165, 1.54) is 0 Å². The van der Waals surface area contributed by atoms with Crippen molar-refractivity contribution in [1.82, 2.24) is 20.4 Å². The van der Waals surface area contributed by atoms with Gasteiger partial charge in [-0.15, -0.1) is 0 Å². The smallest absolute Gasteiger partial charge is 0.259 e. The zero-order valence-electron chi connectivity index (χ0n) is 9.47. The van der Waals surface area contributed by atoms with Crippen LogP contribution in [0.3, 0.4) is 0 Å². The molecule has 94 valence electrons. The van der Waals surface area contributed by atoms with Gasteiger partial charge in [0.05, 0.1) is 24.8 Å². The molecule has 2 aromatic rings. The number of nitrogens with zero attached hydrogens (tertiary/aromatic N) is 3. The van der Waals surface area contributed by atoms with Gasteiger partial charge in [-0.2, -0.15) is 4.98 Å². The van der Waals surface area contributed by atoms with Crippen LogP contribution in [0.4, 0.5) is 0 Å². The van der Waals surface area contributed by atoms with Gasteiger partial charge >= 0.3 is 0 Å². The van der Waals surface area contributed by atoms with E-state index < -0.39 is 0 Å². The third-order valence-corrected chi connectivity index (χ3v) is 3.06. The highest BCUT2D eigenvalue weighted by Gasteiger charge is 2.21. The molecule has 2 aromatic heterocycles. The van der Waals surface area contributed by atoms with Crippen molar-refractivity contribution in [2.45, 2.75) is 6.04 Å². The van der Waals surface area contributed by atoms with Gasteiger partial charge in [0.25, 0.3) is 5.89 Å². The van der Waals surface area contributed by atoms with Gasteiger partial charge in [-0.3, -0.25) is 4.98 Å². The highest BCUT2D eigenvalue weighted by molar-refractivity contribution is 9.10. The van der Waals surface area contributed by atoms with Crippen molar-refractivity contribution in [2.75, 3.05) is 19.8 Å². The lowest BCUT2D eigenvalue weighted by molar-refractivity contribution is 0.0734. The summed E-state index contributed by atoms with van der Waals surface area (Å²) in [5.41, 5.74) is 0.792. The van der Waals surface area contributed by atoms with Crippen molar-refractivity contribution >= 4 is 15.9 Å². The summed E-state index contributed by atoms with van der Waals surface area (Å²) in [5.74, 6) is 1.08. The fourth-order valence-corrected chi connectivity index (χ4v) is 2.12. The summed E-state index contributed by atoms with van der Waals surface area (Å²) >= 11 is 3.36. The molecule has 1 aliphatic heterocycles. The number of hydrogen-bond acceptors (Lipinski definition) is 6. The van der Waals surface area contributed by atoms with Gasteiger partial charge in [0.1, 0.15) is 0 Å². The standard InChI is InChI=1S/C11H11BrN4O2/c12-8-3-7(4-13-5-8)11-15-10(16-18-11)9-6-17-2-1-14-9/h3-5,9,14H,1-2,6H2. The summed E-state index contributed by atoms with van der Waals surface area (Å²) in [6, 6.07) is 1.88. The van der Waals surface area contributed by atoms with Crippen molar-refractivity contribution < 1.29 is 9.26 Å². The Morgan fingerprint density at radius 1 is 1.39 bits per heavy atom. The molecule has 0 amide bonds. The Labute approximate surface area is 112 Å². The molecule has 0 bridgehead atoms. The van der Waals surface area contributed by atoms with E-state index in [0.29, 0.717) is 18.3 Å². The van der Waals surface area contributed by atoms with Crippen molar-refractivity contribution in [3.8, 4) is 11.5 Å². The average molecular weight is 311 g/mol. The van der Waals surface area contributed by atoms with E-state index in [2.05, 4.69) is 36.4 Å². The topological polar surface area (TPSA) is 73.1 Å². The molecule has 0 radical (unpaired) electrons. The summed E-state index contributed by atoms with van der Waals surface area (Å²) in [4.78, 5) is 8.43. The molecule has 1 unspecified atom stereocenters. The van der Waals surface area contributed by atoms with Gasteiger partial charge in [-0.05, 0) is 22.0 Å². The number of rotatable bonds is 2. The van der Waals surface area contributed by atoms with Crippen LogP contribution in [0, 0.1) is 0 Å². The molecule has 1 saturated heterocycles. The van der Waals surface area contributed by atoms with E-state index in [1.807, 2.05) is 6.07 Å². The number of aromatic nitrogens is 3. The first kappa shape index (κ1) is 11.8. The van der Waals surface area contributed by atoms with E-state index in [9.17, 15) is 0 Å². The third-order valence-electron chi connectivity index (χ3n) is 2.63. The quantitative estimate of drug-likeness (QED) is 0.907. The number of halogens is 1. The predicted octanol–water partition coefficient (Wildman–Crippen LogP) is 1.55. The number of hydrogen-bond donors (Lipinski definition) is 1. The largest absolute Gasteiger partial charge is 0.378 e. The third kappa shape index (κ3) is 2.43. The van der Waals surface area contributed by atoms with Crippen molar-refractivity contribution in [3.05, 3.63) is 28.8 Å². The molecule has 7 heteroatoms. The maximum absolute atomic E-state index is 5.37. The number of morpholine rings is 1. The minimum Gasteiger partial charge on any atom is -0.378 e. The van der Waals surface area contributed by atoms with Gasteiger partial charge < -0.3 is 14.6 Å². The van der Waals surface area contributed by atoms with E-state index in [1.54, 1.807) is 12.4 Å². The average Bonchev–Trinajstić information content (AvgIpc) is 2.89. The zero-order chi connectivity index (χ0) is 12.4. The van der Waals surface area contributed by atoms with Gasteiger partial charge in [0.15, 0.2) is 5.82 Å². The Hall–Kier alpha value is -1.31. The van der Waals surface area contributed by atoms with E-state index in [4.69, 9.17) is 9.26 Å². The molecule has 1 atom stereocenters. The van der Waals surface area contributed by atoms with Crippen molar-refractivity contribution in [1.29, 1.82) is 0 Å². The lowest BCUT2D eigenvalue weighted by Gasteiger charge is -2.20. The molecule has 1 aliphatic rings. The highest BCUT2D eigenvalue weighted by atomic mass is 79.9. The van der Waals surface area contributed by atoms with Crippen LogP contribution in [0.1, 0.15) is 11.9 Å². The lowest BCUT2D eigenvalue weighted by atomic mass is 10.2. The summed E-state index contributed by atoms with van der Waals surface area (Å²) in [6.07, 6.45) is 3.39. The van der Waals surface area contributed by atoms with E-state index in [-0.39, 0.29) is 6.04 Å². The van der Waals surface area contributed by atoms with Crippen molar-refractivity contribution in [3.63, 3.8) is 0 Å². The van der Waals surface area contributed by atoms with Crippen LogP contribution in [0.5, 0.6) is 0 Å². The first-order valence-corrected chi connectivity index (χ1v) is 6.38. The van der Waals surface area contributed by atoms with Crippen LogP contribution < -0.4 is 5.32 Å². The van der Waals surface area contributed by atoms with Crippen LogP contribution in [0.25, 0.3) is 11.5 Å². The van der Waals surface area contributed by atoms with Gasteiger partial charge in [0.2, 0.25) is 0 Å². The second kappa shape index (κ2) is 5.13. The van der Waals surface area contributed by atoms with Gasteiger partial charge in [-0.1, -0.05) is 5.16 Å². The fourth-order valence-electron chi connectivity index (χ4n) is 1.75. The van der Waals surface area contributed by atoms with E-state index in [0.717, 1.165) is 23.2 Å². The normalized spacial score (nSPS) is 19.9. The molecule has 0 spiro atoms. The number of ether oxygens (including phenoxy) is 1. The molecular formula is C11H11BrN4O2. The van der Waals surface area contributed by atoms with Crippen molar-refractivity contribution in [2.24, 2.45) is 0 Å². The van der Waals surface area contributed by atoms with E-state index >= 15 is 0 Å². The van der Waals surface area contributed by atoms with Crippen LogP contribution >= 0.6 is 15.9 Å². The molecule has 6 nitrogen and oxygen atoms in total. The molecule has 3 heterocycles. The lowest BCUT2D eigenvalue weighted by Crippen LogP contribution is -2.35. The van der Waals surface area contributed by atoms with Crippen LogP contribution in [-0.4, -0.2) is 34.9 Å². The zero-order valence-corrected chi connectivity index (χ0v) is 11.1. The first-order valence-electron chi connectivity index (χ1n) is 5.58. The highest BCUT2D eigenvalue weighted by Crippen LogP contribution is 2.22. The summed E-state index contributed by atoms with van der Waals surface area (Å²) in [5, 5.41) is 7.25. The molecule has 18 heavy (non-hydrogen) atoms. The summed E-state index contributed by atoms with van der Waals surface area (Å²) in [6.45, 7) is 2.08. The SMILES string of the molecule is Brc1cncc(-c2nc(C3COCCN3)no2)c1. The molecular weight excluding hydrogens is 300 g/mol. The summed E-state index contributed by atoms with van der Waals surface area (Å²) in [7, 11) is 0. The minimum absolute atomic E-state index is 0.00337. The minimum atomic E-state index is -0.00337. The Kier molecular flexibility index (Phi) is 3.35. The van der Waals surface area contributed by atoms with Gasteiger partial charge in [0, 0.05) is 23.4 Å². The molecule has 0 aliphatic carbocycles.